The van der Waals surface area contributed by atoms with Gasteiger partial charge in [-0.2, -0.15) is 0 Å². The van der Waals surface area contributed by atoms with Gasteiger partial charge in [0, 0.05) is 12.1 Å². The summed E-state index contributed by atoms with van der Waals surface area (Å²) in [5, 5.41) is 11.7. The van der Waals surface area contributed by atoms with Gasteiger partial charge in [0.2, 0.25) is 0 Å². The number of aliphatic carboxylic acids is 1. The summed E-state index contributed by atoms with van der Waals surface area (Å²) in [5.41, 5.74) is 1.45. The van der Waals surface area contributed by atoms with Gasteiger partial charge in [-0.25, -0.2) is 4.39 Å². The minimum Gasteiger partial charge on any atom is -0.489 e. The molecule has 2 aromatic carbocycles. The predicted octanol–water partition coefficient (Wildman–Crippen LogP) is 2.97. The number of carboxylic acid groups (broad SMARTS) is 1. The van der Waals surface area contributed by atoms with E-state index in [1.807, 2.05) is 12.1 Å². The van der Waals surface area contributed by atoms with E-state index >= 15 is 0 Å². The van der Waals surface area contributed by atoms with Gasteiger partial charge in [0.05, 0.1) is 0 Å². The predicted molar refractivity (Wildman–Crippen MR) is 81.1 cm³/mol. The highest BCUT2D eigenvalue weighted by Gasteiger charge is 2.09. The second-order valence-electron chi connectivity index (χ2n) is 4.96. The Labute approximate surface area is 128 Å². The van der Waals surface area contributed by atoms with Crippen molar-refractivity contribution in [3.63, 3.8) is 0 Å². The highest BCUT2D eigenvalue weighted by atomic mass is 19.1. The first-order chi connectivity index (χ1) is 10.6. The number of hydrogen-bond acceptors (Lipinski definition) is 3. The summed E-state index contributed by atoms with van der Waals surface area (Å²) < 4.78 is 19.0. The average Bonchev–Trinajstić information content (AvgIpc) is 2.52. The summed E-state index contributed by atoms with van der Waals surface area (Å²) in [5.74, 6) is -0.533. The maximum atomic E-state index is 13.5. The Bertz CT molecular complexity index is 628. The lowest BCUT2D eigenvalue weighted by Crippen LogP contribution is -2.33. The minimum absolute atomic E-state index is 0.167. The van der Waals surface area contributed by atoms with Gasteiger partial charge >= 0.3 is 5.97 Å². The zero-order chi connectivity index (χ0) is 15.9. The fourth-order valence-corrected chi connectivity index (χ4v) is 1.84. The molecule has 0 fully saturated rings. The average molecular weight is 303 g/mol. The molecular weight excluding hydrogens is 285 g/mol. The molecule has 2 rings (SSSR count). The van der Waals surface area contributed by atoms with E-state index in [1.54, 1.807) is 37.3 Å². The Morgan fingerprint density at radius 3 is 2.55 bits per heavy atom. The third-order valence-corrected chi connectivity index (χ3v) is 3.26. The minimum atomic E-state index is -0.884. The summed E-state index contributed by atoms with van der Waals surface area (Å²) in [6.07, 6.45) is 0. The van der Waals surface area contributed by atoms with Gasteiger partial charge in [-0.05, 0) is 30.7 Å². The van der Waals surface area contributed by atoms with Gasteiger partial charge in [-0.15, -0.1) is 0 Å². The number of ether oxygens (including phenoxy) is 1. The van der Waals surface area contributed by atoms with E-state index in [2.05, 4.69) is 5.32 Å². The molecule has 0 heterocycles. The first-order valence-corrected chi connectivity index (χ1v) is 6.97. The Morgan fingerprint density at radius 2 is 1.91 bits per heavy atom. The zero-order valence-electron chi connectivity index (χ0n) is 12.3. The molecule has 1 atom stereocenters. The van der Waals surface area contributed by atoms with Gasteiger partial charge in [-0.1, -0.05) is 30.3 Å². The quantitative estimate of drug-likeness (QED) is 0.825. The lowest BCUT2D eigenvalue weighted by Gasteiger charge is -2.10. The summed E-state index contributed by atoms with van der Waals surface area (Å²) in [4.78, 5) is 10.7. The number of hydrogen-bond donors (Lipinski definition) is 2. The third-order valence-electron chi connectivity index (χ3n) is 3.26. The number of carbonyl (C=O) groups is 1. The molecule has 0 radical (unpaired) electrons. The van der Waals surface area contributed by atoms with Crippen molar-refractivity contribution in [3.05, 3.63) is 65.5 Å². The molecule has 0 amide bonds. The van der Waals surface area contributed by atoms with Crippen molar-refractivity contribution in [2.75, 3.05) is 0 Å². The number of rotatable bonds is 7. The highest BCUT2D eigenvalue weighted by Crippen LogP contribution is 2.15. The maximum absolute atomic E-state index is 13.5. The van der Waals surface area contributed by atoms with E-state index in [1.165, 1.54) is 6.07 Å². The number of nitrogens with one attached hydrogen (secondary N) is 1. The highest BCUT2D eigenvalue weighted by molar-refractivity contribution is 5.72. The van der Waals surface area contributed by atoms with Crippen LogP contribution in [-0.2, 0) is 17.9 Å². The monoisotopic (exact) mass is 303 g/mol. The lowest BCUT2D eigenvalue weighted by atomic mass is 10.2. The molecular formula is C17H18FNO3. The first kappa shape index (κ1) is 16.0. The van der Waals surface area contributed by atoms with Crippen LogP contribution in [0.1, 0.15) is 18.1 Å². The molecule has 4 nitrogen and oxygen atoms in total. The van der Waals surface area contributed by atoms with Crippen LogP contribution in [0.4, 0.5) is 4.39 Å². The fraction of sp³-hybridized carbons (Fsp3) is 0.235. The Hall–Kier alpha value is -2.40. The van der Waals surface area contributed by atoms with Crippen LogP contribution in [0.25, 0.3) is 0 Å². The van der Waals surface area contributed by atoms with E-state index in [0.29, 0.717) is 17.9 Å². The second kappa shape index (κ2) is 7.56. The lowest BCUT2D eigenvalue weighted by molar-refractivity contribution is -0.139. The van der Waals surface area contributed by atoms with E-state index in [9.17, 15) is 9.18 Å². The molecule has 2 aromatic rings. The summed E-state index contributed by atoms with van der Waals surface area (Å²) in [7, 11) is 0. The third kappa shape index (κ3) is 4.56. The topological polar surface area (TPSA) is 58.6 Å². The molecule has 0 aliphatic heterocycles. The fourth-order valence-electron chi connectivity index (χ4n) is 1.84. The Morgan fingerprint density at radius 1 is 1.23 bits per heavy atom. The van der Waals surface area contributed by atoms with Gasteiger partial charge in [0.1, 0.15) is 24.2 Å². The van der Waals surface area contributed by atoms with E-state index < -0.39 is 12.0 Å². The smallest absolute Gasteiger partial charge is 0.320 e. The van der Waals surface area contributed by atoms with Gasteiger partial charge < -0.3 is 15.2 Å². The zero-order valence-corrected chi connectivity index (χ0v) is 12.3. The SMILES string of the molecule is CC(NCc1ccc(OCc2ccccc2F)cc1)C(=O)O. The Kier molecular flexibility index (Phi) is 5.49. The van der Waals surface area contributed by atoms with Gasteiger partial charge in [0.25, 0.3) is 0 Å². The van der Waals surface area contributed by atoms with Crippen LogP contribution >= 0.6 is 0 Å². The summed E-state index contributed by atoms with van der Waals surface area (Å²) >= 11 is 0. The van der Waals surface area contributed by atoms with Crippen molar-refractivity contribution in [2.24, 2.45) is 0 Å². The number of halogens is 1. The molecule has 0 aliphatic rings. The van der Waals surface area contributed by atoms with Crippen LogP contribution in [0.5, 0.6) is 5.75 Å². The van der Waals surface area contributed by atoms with Gasteiger partial charge in [-0.3, -0.25) is 4.79 Å². The molecule has 0 bridgehead atoms. The van der Waals surface area contributed by atoms with E-state index in [-0.39, 0.29) is 12.4 Å². The molecule has 22 heavy (non-hydrogen) atoms. The molecule has 0 saturated carbocycles. The second-order valence-corrected chi connectivity index (χ2v) is 4.96. The molecule has 0 saturated heterocycles. The summed E-state index contributed by atoms with van der Waals surface area (Å²) in [6, 6.07) is 13.1. The standard InChI is InChI=1S/C17H18FNO3/c1-12(17(20)21)19-10-13-6-8-15(9-7-13)22-11-14-4-2-3-5-16(14)18/h2-9,12,19H,10-11H2,1H3,(H,20,21). The Balaban J connectivity index is 1.87. The van der Waals surface area contributed by atoms with Crippen molar-refractivity contribution in [3.8, 4) is 5.75 Å². The molecule has 0 spiro atoms. The maximum Gasteiger partial charge on any atom is 0.320 e. The van der Waals surface area contributed by atoms with Crippen LogP contribution in [0.15, 0.2) is 48.5 Å². The molecule has 0 aromatic heterocycles. The van der Waals surface area contributed by atoms with Crippen molar-refractivity contribution >= 4 is 5.97 Å². The largest absolute Gasteiger partial charge is 0.489 e. The van der Waals surface area contributed by atoms with Crippen LogP contribution in [-0.4, -0.2) is 17.1 Å². The molecule has 1 unspecified atom stereocenters. The number of carboxylic acids is 1. The first-order valence-electron chi connectivity index (χ1n) is 6.97. The normalized spacial score (nSPS) is 11.9. The van der Waals surface area contributed by atoms with Crippen molar-refractivity contribution < 1.29 is 19.0 Å². The van der Waals surface area contributed by atoms with Crippen molar-refractivity contribution in [1.82, 2.24) is 5.32 Å². The molecule has 0 aliphatic carbocycles. The van der Waals surface area contributed by atoms with Crippen LogP contribution in [0.3, 0.4) is 0 Å². The molecule has 116 valence electrons. The van der Waals surface area contributed by atoms with Crippen LogP contribution < -0.4 is 10.1 Å². The van der Waals surface area contributed by atoms with E-state index in [4.69, 9.17) is 9.84 Å². The number of benzene rings is 2. The van der Waals surface area contributed by atoms with Crippen molar-refractivity contribution in [1.29, 1.82) is 0 Å². The van der Waals surface area contributed by atoms with Crippen LogP contribution in [0, 0.1) is 5.82 Å². The van der Waals surface area contributed by atoms with Gasteiger partial charge in [0.15, 0.2) is 0 Å². The van der Waals surface area contributed by atoms with Crippen LogP contribution in [0.2, 0.25) is 0 Å². The van der Waals surface area contributed by atoms with Crippen molar-refractivity contribution in [2.45, 2.75) is 26.1 Å². The summed E-state index contributed by atoms with van der Waals surface area (Å²) in [6.45, 7) is 2.22. The molecule has 2 N–H and O–H groups in total. The van der Waals surface area contributed by atoms with E-state index in [0.717, 1.165) is 5.56 Å². The molecule has 5 heteroatoms.